The Labute approximate surface area is 187 Å². The van der Waals surface area contributed by atoms with Crippen molar-refractivity contribution >= 4 is 21.2 Å². The molecule has 4 aromatic rings. The normalized spacial score (nSPS) is 15.8. The Morgan fingerprint density at radius 1 is 0.969 bits per heavy atom. The van der Waals surface area contributed by atoms with E-state index in [-0.39, 0.29) is 10.9 Å². The fourth-order valence-corrected chi connectivity index (χ4v) is 5.82. The van der Waals surface area contributed by atoms with E-state index in [1.54, 1.807) is 34.8 Å². The highest BCUT2D eigenvalue weighted by Gasteiger charge is 2.32. The summed E-state index contributed by atoms with van der Waals surface area (Å²) < 4.78 is 35.3. The van der Waals surface area contributed by atoms with Crippen molar-refractivity contribution in [1.82, 2.24) is 18.8 Å². The minimum atomic E-state index is -3.58. The lowest BCUT2D eigenvalue weighted by molar-refractivity contribution is 0.278. The Bertz CT molecular complexity index is 1340. The van der Waals surface area contributed by atoms with Crippen LogP contribution in [0, 0.1) is 0 Å². The van der Waals surface area contributed by atoms with Crippen LogP contribution in [-0.4, -0.2) is 47.5 Å². The average Bonchev–Trinajstić information content (AvgIpc) is 3.24. The highest BCUT2D eigenvalue weighted by atomic mass is 32.2. The Hall–Kier alpha value is -3.23. The van der Waals surface area contributed by atoms with Crippen LogP contribution < -0.4 is 4.74 Å². The Morgan fingerprint density at radius 3 is 2.50 bits per heavy atom. The van der Waals surface area contributed by atoms with Gasteiger partial charge in [-0.25, -0.2) is 18.4 Å². The first kappa shape index (κ1) is 20.7. The summed E-state index contributed by atoms with van der Waals surface area (Å²) in [4.78, 5) is 9.70. The van der Waals surface area contributed by atoms with Gasteiger partial charge in [-0.3, -0.25) is 0 Å². The highest BCUT2D eigenvalue weighted by Crippen LogP contribution is 2.34. The molecule has 0 unspecified atom stereocenters. The van der Waals surface area contributed by atoms with Crippen LogP contribution in [0.1, 0.15) is 18.9 Å². The van der Waals surface area contributed by atoms with Crippen LogP contribution in [0.4, 0.5) is 0 Å². The summed E-state index contributed by atoms with van der Waals surface area (Å²) in [7, 11) is -2.05. The summed E-state index contributed by atoms with van der Waals surface area (Å²) in [5.74, 6) is 1.40. The number of rotatable bonds is 5. The van der Waals surface area contributed by atoms with Gasteiger partial charge in [0.15, 0.2) is 5.65 Å². The number of ether oxygens (including phenoxy) is 1. The van der Waals surface area contributed by atoms with E-state index in [4.69, 9.17) is 9.72 Å². The second kappa shape index (κ2) is 8.37. The van der Waals surface area contributed by atoms with Gasteiger partial charge in [0.2, 0.25) is 10.0 Å². The average molecular weight is 449 g/mol. The van der Waals surface area contributed by atoms with Gasteiger partial charge in [-0.15, -0.1) is 0 Å². The molecule has 0 saturated carbocycles. The van der Waals surface area contributed by atoms with Gasteiger partial charge in [-0.1, -0.05) is 36.4 Å². The number of hydrogen-bond acceptors (Lipinski definition) is 5. The minimum Gasteiger partial charge on any atom is -0.497 e. The Kier molecular flexibility index (Phi) is 5.40. The molecule has 1 saturated heterocycles. The lowest BCUT2D eigenvalue weighted by atomic mass is 10.1. The quantitative estimate of drug-likeness (QED) is 0.459. The van der Waals surface area contributed by atoms with Crippen molar-refractivity contribution in [2.75, 3.05) is 20.2 Å². The third kappa shape index (κ3) is 3.65. The van der Waals surface area contributed by atoms with Crippen LogP contribution in [0.15, 0.2) is 77.8 Å². The van der Waals surface area contributed by atoms with Crippen LogP contribution in [0.2, 0.25) is 0 Å². The van der Waals surface area contributed by atoms with E-state index in [0.717, 1.165) is 22.6 Å². The molecule has 2 aromatic carbocycles. The molecule has 32 heavy (non-hydrogen) atoms. The van der Waals surface area contributed by atoms with Crippen LogP contribution in [0.25, 0.3) is 22.6 Å². The molecule has 0 amide bonds. The third-order valence-electron chi connectivity index (χ3n) is 5.95. The number of nitrogens with zero attached hydrogens (tertiary/aromatic N) is 4. The smallest absolute Gasteiger partial charge is 0.243 e. The first-order chi connectivity index (χ1) is 15.6. The topological polar surface area (TPSA) is 77.3 Å². The van der Waals surface area contributed by atoms with Crippen molar-refractivity contribution in [3.05, 3.63) is 72.9 Å². The van der Waals surface area contributed by atoms with E-state index < -0.39 is 10.0 Å². The molecule has 1 aliphatic rings. The standard InChI is InChI=1S/C24H24N4O3S/c1-31-20-9-5-10-21(17-20)32(29,30)27-15-12-19(13-16-27)28-23(18-7-3-2-4-8-18)26-22-11-6-14-25-24(22)28/h2-11,14,17,19H,12-13,15-16H2,1H3. The van der Waals surface area contributed by atoms with Crippen molar-refractivity contribution in [2.24, 2.45) is 0 Å². The zero-order valence-electron chi connectivity index (χ0n) is 17.8. The second-order valence-electron chi connectivity index (χ2n) is 7.83. The lowest BCUT2D eigenvalue weighted by Crippen LogP contribution is -2.39. The van der Waals surface area contributed by atoms with E-state index in [2.05, 4.69) is 9.55 Å². The summed E-state index contributed by atoms with van der Waals surface area (Å²) in [6.07, 6.45) is 3.15. The van der Waals surface area contributed by atoms with E-state index in [1.165, 1.54) is 7.11 Å². The first-order valence-electron chi connectivity index (χ1n) is 10.6. The third-order valence-corrected chi connectivity index (χ3v) is 7.84. The number of imidazole rings is 1. The first-order valence-corrected chi connectivity index (χ1v) is 12.0. The van der Waals surface area contributed by atoms with Gasteiger partial charge in [-0.2, -0.15) is 4.31 Å². The molecule has 0 aliphatic carbocycles. The second-order valence-corrected chi connectivity index (χ2v) is 9.77. The summed E-state index contributed by atoms with van der Waals surface area (Å²) in [6.45, 7) is 0.871. The molecule has 0 spiro atoms. The Balaban J connectivity index is 1.45. The summed E-state index contributed by atoms with van der Waals surface area (Å²) >= 11 is 0. The summed E-state index contributed by atoms with van der Waals surface area (Å²) in [5, 5.41) is 0. The van der Waals surface area contributed by atoms with Gasteiger partial charge >= 0.3 is 0 Å². The van der Waals surface area contributed by atoms with E-state index in [0.29, 0.717) is 31.7 Å². The van der Waals surface area contributed by atoms with Gasteiger partial charge in [-0.05, 0) is 37.1 Å². The lowest BCUT2D eigenvalue weighted by Gasteiger charge is -2.32. The largest absolute Gasteiger partial charge is 0.497 e. The molecule has 164 valence electrons. The molecule has 0 N–H and O–H groups in total. The van der Waals surface area contributed by atoms with Crippen molar-refractivity contribution in [3.8, 4) is 17.1 Å². The van der Waals surface area contributed by atoms with Gasteiger partial charge in [0.05, 0.1) is 12.0 Å². The number of hydrogen-bond donors (Lipinski definition) is 0. The Morgan fingerprint density at radius 2 is 1.75 bits per heavy atom. The van der Waals surface area contributed by atoms with Gasteiger partial charge in [0.1, 0.15) is 17.1 Å². The van der Waals surface area contributed by atoms with E-state index >= 15 is 0 Å². The molecule has 0 atom stereocenters. The monoisotopic (exact) mass is 448 g/mol. The number of aromatic nitrogens is 3. The molecule has 0 bridgehead atoms. The summed E-state index contributed by atoms with van der Waals surface area (Å²) in [5.41, 5.74) is 2.70. The maximum absolute atomic E-state index is 13.2. The number of sulfonamides is 1. The van der Waals surface area contributed by atoms with Gasteiger partial charge in [0.25, 0.3) is 0 Å². The predicted octanol–water partition coefficient (Wildman–Crippen LogP) is 4.13. The van der Waals surface area contributed by atoms with E-state index in [1.807, 2.05) is 42.5 Å². The molecule has 1 fully saturated rings. The number of piperidine rings is 1. The van der Waals surface area contributed by atoms with Crippen molar-refractivity contribution < 1.29 is 13.2 Å². The van der Waals surface area contributed by atoms with Crippen LogP contribution >= 0.6 is 0 Å². The zero-order valence-corrected chi connectivity index (χ0v) is 18.6. The maximum atomic E-state index is 13.2. The van der Waals surface area contributed by atoms with Crippen molar-refractivity contribution in [2.45, 2.75) is 23.8 Å². The highest BCUT2D eigenvalue weighted by molar-refractivity contribution is 7.89. The number of fused-ring (bicyclic) bond motifs is 1. The molecular weight excluding hydrogens is 424 g/mol. The number of methoxy groups -OCH3 is 1. The van der Waals surface area contributed by atoms with E-state index in [9.17, 15) is 8.42 Å². The van der Waals surface area contributed by atoms with Gasteiger partial charge < -0.3 is 9.30 Å². The zero-order chi connectivity index (χ0) is 22.1. The fourth-order valence-electron chi connectivity index (χ4n) is 4.32. The molecule has 0 radical (unpaired) electrons. The maximum Gasteiger partial charge on any atom is 0.243 e. The van der Waals surface area contributed by atoms with Crippen LogP contribution in [0.3, 0.4) is 0 Å². The number of benzene rings is 2. The molecule has 8 heteroatoms. The SMILES string of the molecule is COc1cccc(S(=O)(=O)N2CCC(n3c(-c4ccccc4)nc4cccnc43)CC2)c1. The molecule has 1 aliphatic heterocycles. The number of pyridine rings is 1. The van der Waals surface area contributed by atoms with Crippen molar-refractivity contribution in [3.63, 3.8) is 0 Å². The minimum absolute atomic E-state index is 0.113. The molecule has 5 rings (SSSR count). The van der Waals surface area contributed by atoms with Crippen molar-refractivity contribution in [1.29, 1.82) is 0 Å². The van der Waals surface area contributed by atoms with Gasteiger partial charge in [0, 0.05) is 37.0 Å². The molecule has 2 aromatic heterocycles. The molecular formula is C24H24N4O3S. The molecule has 7 nitrogen and oxygen atoms in total. The van der Waals surface area contributed by atoms with Crippen LogP contribution in [0.5, 0.6) is 5.75 Å². The van der Waals surface area contributed by atoms with Crippen LogP contribution in [-0.2, 0) is 10.0 Å². The summed E-state index contributed by atoms with van der Waals surface area (Å²) in [6, 6.07) is 20.7. The molecule has 3 heterocycles. The predicted molar refractivity (Wildman–Crippen MR) is 123 cm³/mol. The fraction of sp³-hybridized carbons (Fsp3) is 0.250.